The molecule has 0 bridgehead atoms. The number of nitro benzene ring substituents is 1. The summed E-state index contributed by atoms with van der Waals surface area (Å²) in [4.78, 5) is 28.3. The maximum atomic E-state index is 13.2. The van der Waals surface area contributed by atoms with E-state index in [-0.39, 0.29) is 22.7 Å². The number of nitro groups is 1. The molecule has 0 saturated carbocycles. The molecule has 0 aliphatic carbocycles. The van der Waals surface area contributed by atoms with Crippen molar-refractivity contribution in [3.63, 3.8) is 0 Å². The summed E-state index contributed by atoms with van der Waals surface area (Å²) in [6.07, 6.45) is 0. The molecule has 0 unspecified atom stereocenters. The third-order valence-electron chi connectivity index (χ3n) is 5.68. The van der Waals surface area contributed by atoms with Crippen LogP contribution in [0.15, 0.2) is 82.7 Å². The molecule has 0 saturated heterocycles. The summed E-state index contributed by atoms with van der Waals surface area (Å²) in [5, 5.41) is 11.1. The molecular weight excluding hydrogens is 500 g/mol. The van der Waals surface area contributed by atoms with Crippen LogP contribution in [-0.2, 0) is 23.1 Å². The molecule has 1 amide bonds. The van der Waals surface area contributed by atoms with Crippen molar-refractivity contribution < 1.29 is 18.1 Å². The van der Waals surface area contributed by atoms with Gasteiger partial charge in [-0.3, -0.25) is 14.9 Å². The van der Waals surface area contributed by atoms with Crippen molar-refractivity contribution in [3.8, 4) is 0 Å². The van der Waals surface area contributed by atoms with E-state index in [1.807, 2.05) is 37.3 Å². The van der Waals surface area contributed by atoms with Crippen LogP contribution >= 0.6 is 11.3 Å². The Kier molecular flexibility index (Phi) is 7.43. The van der Waals surface area contributed by atoms with E-state index in [2.05, 4.69) is 4.99 Å². The number of non-ortho nitro benzene ring substituents is 1. The van der Waals surface area contributed by atoms with Crippen molar-refractivity contribution >= 4 is 43.2 Å². The monoisotopic (exact) mass is 524 g/mol. The first-order valence-corrected chi connectivity index (χ1v) is 13.5. The van der Waals surface area contributed by atoms with Gasteiger partial charge in [0.05, 0.1) is 20.0 Å². The average molecular weight is 525 g/mol. The number of nitrogens with zero attached hydrogens (tertiary/aromatic N) is 4. The number of carbonyl (C=O) groups is 1. The van der Waals surface area contributed by atoms with Crippen LogP contribution in [0.3, 0.4) is 0 Å². The Labute approximate surface area is 212 Å². The Morgan fingerprint density at radius 3 is 2.36 bits per heavy atom. The van der Waals surface area contributed by atoms with Gasteiger partial charge in [-0.15, -0.1) is 0 Å². The number of rotatable bonds is 8. The molecule has 0 atom stereocenters. The lowest BCUT2D eigenvalue weighted by Gasteiger charge is -2.20. The van der Waals surface area contributed by atoms with E-state index in [1.54, 1.807) is 17.6 Å². The molecule has 1 heterocycles. The normalized spacial score (nSPS) is 12.4. The summed E-state index contributed by atoms with van der Waals surface area (Å²) in [7, 11) is -3.76. The first-order valence-electron chi connectivity index (χ1n) is 11.3. The third kappa shape index (κ3) is 5.13. The zero-order valence-corrected chi connectivity index (χ0v) is 21.3. The summed E-state index contributed by atoms with van der Waals surface area (Å²) in [5.41, 5.74) is 1.71. The van der Waals surface area contributed by atoms with Crippen LogP contribution in [-0.4, -0.2) is 34.7 Å². The first kappa shape index (κ1) is 25.4. The summed E-state index contributed by atoms with van der Waals surface area (Å²) >= 11 is 1.26. The van der Waals surface area contributed by atoms with Crippen LogP contribution in [0.25, 0.3) is 10.2 Å². The predicted molar refractivity (Wildman–Crippen MR) is 138 cm³/mol. The minimum atomic E-state index is -3.76. The van der Waals surface area contributed by atoms with Crippen LogP contribution in [0.5, 0.6) is 0 Å². The van der Waals surface area contributed by atoms with Crippen LogP contribution in [0.2, 0.25) is 0 Å². The first-order chi connectivity index (χ1) is 17.2. The zero-order valence-electron chi connectivity index (χ0n) is 19.7. The van der Waals surface area contributed by atoms with Gasteiger partial charge in [0.25, 0.3) is 11.6 Å². The number of amides is 1. The van der Waals surface area contributed by atoms with Crippen molar-refractivity contribution in [2.24, 2.45) is 4.99 Å². The Morgan fingerprint density at radius 1 is 1.06 bits per heavy atom. The van der Waals surface area contributed by atoms with Gasteiger partial charge in [0.2, 0.25) is 10.0 Å². The van der Waals surface area contributed by atoms with Crippen molar-refractivity contribution in [3.05, 3.63) is 98.8 Å². The van der Waals surface area contributed by atoms with Gasteiger partial charge >= 0.3 is 0 Å². The molecule has 0 radical (unpaired) electrons. The topological polar surface area (TPSA) is 115 Å². The van der Waals surface area contributed by atoms with Crippen molar-refractivity contribution in [1.82, 2.24) is 8.87 Å². The Morgan fingerprint density at radius 2 is 1.75 bits per heavy atom. The van der Waals surface area contributed by atoms with E-state index in [9.17, 15) is 23.3 Å². The Balaban J connectivity index is 1.62. The molecule has 186 valence electrons. The lowest BCUT2D eigenvalue weighted by Crippen LogP contribution is -2.30. The summed E-state index contributed by atoms with van der Waals surface area (Å²) in [6.45, 7) is 4.66. The summed E-state index contributed by atoms with van der Waals surface area (Å²) in [5.74, 6) is -0.529. The number of carbonyl (C=O) groups excluding carboxylic acids is 1. The van der Waals surface area contributed by atoms with E-state index in [0.29, 0.717) is 23.4 Å². The second-order valence-corrected chi connectivity index (χ2v) is 10.8. The molecule has 0 aliphatic heterocycles. The van der Waals surface area contributed by atoms with E-state index in [0.717, 1.165) is 10.3 Å². The smallest absolute Gasteiger partial charge is 0.279 e. The lowest BCUT2D eigenvalue weighted by atomic mass is 10.2. The van der Waals surface area contributed by atoms with E-state index in [4.69, 9.17) is 0 Å². The number of aryl methyl sites for hydroxylation is 1. The van der Waals surface area contributed by atoms with E-state index in [1.165, 1.54) is 52.0 Å². The number of benzene rings is 3. The highest BCUT2D eigenvalue weighted by molar-refractivity contribution is 7.89. The Hall–Kier alpha value is -3.67. The van der Waals surface area contributed by atoms with Crippen molar-refractivity contribution in [2.75, 3.05) is 6.54 Å². The lowest BCUT2D eigenvalue weighted by molar-refractivity contribution is -0.384. The van der Waals surface area contributed by atoms with Gasteiger partial charge in [-0.25, -0.2) is 8.42 Å². The molecule has 1 aromatic heterocycles. The van der Waals surface area contributed by atoms with Gasteiger partial charge in [-0.2, -0.15) is 9.30 Å². The second-order valence-electron chi connectivity index (χ2n) is 7.90. The van der Waals surface area contributed by atoms with Gasteiger partial charge in [-0.1, -0.05) is 48.6 Å². The molecular formula is C25H24N4O5S2. The van der Waals surface area contributed by atoms with Gasteiger partial charge in [0.1, 0.15) is 0 Å². The molecule has 11 heteroatoms. The second kappa shape index (κ2) is 10.5. The highest BCUT2D eigenvalue weighted by Crippen LogP contribution is 2.23. The standard InChI is InChI=1S/C25H24N4O5S2/c1-3-27(17-18-8-6-5-7-9-18)36(33,34)21-13-10-19(11-14-21)24(30)26-25-28(4-2)22-16-20(29(31)32)12-15-23(22)35-25/h5-16H,3-4,17H2,1-2H3. The number of fused-ring (bicyclic) bond motifs is 1. The SMILES string of the molecule is CCN(Cc1ccccc1)S(=O)(=O)c1ccc(C(=O)N=c2sc3ccc([N+](=O)[O-])cc3n2CC)cc1. The molecule has 0 fully saturated rings. The molecule has 0 aliphatic rings. The van der Waals surface area contributed by atoms with Gasteiger partial charge in [-0.05, 0) is 42.8 Å². The summed E-state index contributed by atoms with van der Waals surface area (Å²) in [6, 6.07) is 19.6. The number of aromatic nitrogens is 1. The largest absolute Gasteiger partial charge is 0.316 e. The molecule has 0 N–H and O–H groups in total. The maximum Gasteiger partial charge on any atom is 0.279 e. The minimum Gasteiger partial charge on any atom is -0.316 e. The zero-order chi connectivity index (χ0) is 25.9. The van der Waals surface area contributed by atoms with Crippen molar-refractivity contribution in [1.29, 1.82) is 0 Å². The molecule has 9 nitrogen and oxygen atoms in total. The van der Waals surface area contributed by atoms with Crippen LogP contribution in [0.1, 0.15) is 29.8 Å². The maximum absolute atomic E-state index is 13.2. The molecule has 4 aromatic rings. The van der Waals surface area contributed by atoms with Crippen LogP contribution < -0.4 is 4.80 Å². The van der Waals surface area contributed by atoms with E-state index >= 15 is 0 Å². The fourth-order valence-electron chi connectivity index (χ4n) is 3.79. The Bertz CT molecular complexity index is 1590. The quantitative estimate of drug-likeness (QED) is 0.247. The highest BCUT2D eigenvalue weighted by atomic mass is 32.2. The van der Waals surface area contributed by atoms with Gasteiger partial charge in [0, 0.05) is 37.3 Å². The van der Waals surface area contributed by atoms with Gasteiger partial charge in [0.15, 0.2) is 4.80 Å². The fourth-order valence-corrected chi connectivity index (χ4v) is 6.30. The number of thiazole rings is 1. The number of hydrogen-bond donors (Lipinski definition) is 0. The molecule has 0 spiro atoms. The minimum absolute atomic E-state index is 0.0365. The molecule has 36 heavy (non-hydrogen) atoms. The van der Waals surface area contributed by atoms with Gasteiger partial charge < -0.3 is 4.57 Å². The molecule has 3 aromatic carbocycles. The predicted octanol–water partition coefficient (Wildman–Crippen LogP) is 4.58. The highest BCUT2D eigenvalue weighted by Gasteiger charge is 2.23. The summed E-state index contributed by atoms with van der Waals surface area (Å²) < 4.78 is 30.2. The van der Waals surface area contributed by atoms with Crippen molar-refractivity contribution in [2.45, 2.75) is 31.8 Å². The van der Waals surface area contributed by atoms with Crippen LogP contribution in [0, 0.1) is 10.1 Å². The average Bonchev–Trinajstić information content (AvgIpc) is 3.23. The van der Waals surface area contributed by atoms with Crippen LogP contribution in [0.4, 0.5) is 5.69 Å². The fraction of sp³-hybridized carbons (Fsp3) is 0.200. The number of hydrogen-bond acceptors (Lipinski definition) is 6. The molecule has 4 rings (SSSR count). The number of sulfonamides is 1. The van der Waals surface area contributed by atoms with E-state index < -0.39 is 20.9 Å². The third-order valence-corrected chi connectivity index (χ3v) is 8.68.